The van der Waals surface area contributed by atoms with E-state index in [4.69, 9.17) is 10.00 Å². The van der Waals surface area contributed by atoms with E-state index in [2.05, 4.69) is 5.32 Å². The Hall–Kier alpha value is -3.25. The summed E-state index contributed by atoms with van der Waals surface area (Å²) in [6.07, 6.45) is -3.92. The smallest absolute Gasteiger partial charge is 0.384 e. The molecule has 0 aromatic heterocycles. The first-order valence-electron chi connectivity index (χ1n) is 11.5. The predicted octanol–water partition coefficient (Wildman–Crippen LogP) is 5.20. The Morgan fingerprint density at radius 1 is 1.20 bits per heavy atom. The summed E-state index contributed by atoms with van der Waals surface area (Å²) >= 11 is 0. The Labute approximate surface area is 203 Å². The third-order valence-corrected chi connectivity index (χ3v) is 7.40. The number of urea groups is 1. The Morgan fingerprint density at radius 2 is 1.97 bits per heavy atom. The van der Waals surface area contributed by atoms with Crippen LogP contribution in [0.25, 0.3) is 0 Å². The van der Waals surface area contributed by atoms with Crippen molar-refractivity contribution < 1.29 is 22.7 Å². The van der Waals surface area contributed by atoms with E-state index in [1.54, 1.807) is 24.1 Å². The maximum atomic E-state index is 13.5. The lowest BCUT2D eigenvalue weighted by Crippen LogP contribution is -2.49. The topological polar surface area (TPSA) is 68.6 Å². The average Bonchev–Trinajstić information content (AvgIpc) is 3.19. The van der Waals surface area contributed by atoms with E-state index in [0.717, 1.165) is 22.9 Å². The number of amides is 2. The van der Waals surface area contributed by atoms with Gasteiger partial charge in [-0.1, -0.05) is 6.07 Å². The molecule has 2 fully saturated rings. The number of carbonyl (C=O) groups excluding carboxylic acids is 1. The summed E-state index contributed by atoms with van der Waals surface area (Å²) in [5.74, 6) is 0.0340. The zero-order valence-corrected chi connectivity index (χ0v) is 20.1. The number of piperidine rings is 1. The third-order valence-electron chi connectivity index (χ3n) is 7.40. The first kappa shape index (κ1) is 24.9. The molecule has 1 N–H and O–H groups in total. The molecule has 0 aliphatic carbocycles. The number of alkyl halides is 3. The van der Waals surface area contributed by atoms with Gasteiger partial charge in [-0.15, -0.1) is 0 Å². The monoisotopic (exact) mass is 486 g/mol. The normalized spacial score (nSPS) is 22.0. The van der Waals surface area contributed by atoms with Crippen LogP contribution < -0.4 is 10.2 Å². The Morgan fingerprint density at radius 3 is 2.63 bits per heavy atom. The number of nitrogens with zero attached hydrogens (tertiary/aromatic N) is 3. The van der Waals surface area contributed by atoms with E-state index in [1.165, 1.54) is 6.07 Å². The van der Waals surface area contributed by atoms with Gasteiger partial charge in [0, 0.05) is 56.0 Å². The number of anilines is 2. The van der Waals surface area contributed by atoms with E-state index in [0.29, 0.717) is 44.9 Å². The van der Waals surface area contributed by atoms with Gasteiger partial charge < -0.3 is 19.9 Å². The summed E-state index contributed by atoms with van der Waals surface area (Å²) in [5.41, 5.74) is 1.82. The van der Waals surface area contributed by atoms with Gasteiger partial charge in [0.25, 0.3) is 0 Å². The number of halogens is 3. The van der Waals surface area contributed by atoms with E-state index in [-0.39, 0.29) is 22.9 Å². The quantitative estimate of drug-likeness (QED) is 0.645. The van der Waals surface area contributed by atoms with Crippen LogP contribution in [0.3, 0.4) is 0 Å². The van der Waals surface area contributed by atoms with Gasteiger partial charge in [-0.25, -0.2) is 4.79 Å². The lowest BCUT2D eigenvalue weighted by atomic mass is 9.73. The van der Waals surface area contributed by atoms with Gasteiger partial charge in [-0.3, -0.25) is 0 Å². The van der Waals surface area contributed by atoms with E-state index in [9.17, 15) is 18.0 Å². The van der Waals surface area contributed by atoms with Crippen LogP contribution in [0.2, 0.25) is 0 Å². The summed E-state index contributed by atoms with van der Waals surface area (Å²) in [6.45, 7) is 6.52. The van der Waals surface area contributed by atoms with Gasteiger partial charge in [-0.2, -0.15) is 18.4 Å². The van der Waals surface area contributed by atoms with Crippen LogP contribution in [0.1, 0.15) is 28.7 Å². The number of likely N-dealkylation sites (tertiary alicyclic amines) is 1. The molecule has 9 heteroatoms. The fourth-order valence-electron chi connectivity index (χ4n) is 5.28. The SMILES string of the molecule is COC[C@@]12CCN(c3ccc(C#N)c(C(F)(F)F)c3)C[C@@H]1CN(C(=O)Nc1ccc(C)c(C)c1)C2. The number of fused-ring (bicyclic) bond motifs is 1. The highest BCUT2D eigenvalue weighted by Crippen LogP contribution is 2.45. The van der Waals surface area contributed by atoms with E-state index < -0.39 is 11.7 Å². The van der Waals surface area contributed by atoms with Crippen molar-refractivity contribution in [2.75, 3.05) is 50.1 Å². The first-order valence-corrected chi connectivity index (χ1v) is 11.5. The van der Waals surface area contributed by atoms with E-state index in [1.807, 2.05) is 36.9 Å². The van der Waals surface area contributed by atoms with Crippen LogP contribution >= 0.6 is 0 Å². The molecule has 2 amide bonds. The summed E-state index contributed by atoms with van der Waals surface area (Å²) < 4.78 is 46.0. The number of carbonyl (C=O) groups is 1. The molecule has 0 spiro atoms. The minimum Gasteiger partial charge on any atom is -0.384 e. The molecular formula is C26H29F3N4O2. The number of nitriles is 1. The Kier molecular flexibility index (Phi) is 6.69. The van der Waals surface area contributed by atoms with Gasteiger partial charge in [-0.05, 0) is 61.7 Å². The van der Waals surface area contributed by atoms with Crippen LogP contribution in [-0.2, 0) is 10.9 Å². The first-order chi connectivity index (χ1) is 16.6. The molecule has 4 rings (SSSR count). The van der Waals surface area contributed by atoms with Crippen molar-refractivity contribution in [3.8, 4) is 6.07 Å². The summed E-state index contributed by atoms with van der Waals surface area (Å²) in [7, 11) is 1.63. The number of nitrogens with one attached hydrogen (secondary N) is 1. The van der Waals surface area contributed by atoms with Gasteiger partial charge in [0.1, 0.15) is 0 Å². The number of aryl methyl sites for hydroxylation is 2. The highest BCUT2D eigenvalue weighted by atomic mass is 19.4. The van der Waals surface area contributed by atoms with Crippen molar-refractivity contribution in [1.29, 1.82) is 5.26 Å². The van der Waals surface area contributed by atoms with Crippen molar-refractivity contribution >= 4 is 17.4 Å². The van der Waals surface area contributed by atoms with Crippen LogP contribution in [0.5, 0.6) is 0 Å². The van der Waals surface area contributed by atoms with Crippen molar-refractivity contribution in [3.63, 3.8) is 0 Å². The molecule has 2 aromatic rings. The maximum absolute atomic E-state index is 13.5. The lowest BCUT2D eigenvalue weighted by molar-refractivity contribution is -0.137. The molecule has 0 unspecified atom stereocenters. The standard InChI is InChI=1S/C26H29F3N4O2/c1-17-4-6-21(10-18(17)2)31-24(34)33-14-20-13-32(9-8-25(20,15-33)16-35-3)22-7-5-19(12-30)23(11-22)26(27,28)29/h4-7,10-11,20H,8-9,13-16H2,1-3H3,(H,31,34)/t20-,25+/m1/s1. The van der Waals surface area contributed by atoms with Crippen molar-refractivity contribution in [1.82, 2.24) is 4.90 Å². The van der Waals surface area contributed by atoms with Crippen molar-refractivity contribution in [3.05, 3.63) is 58.7 Å². The van der Waals surface area contributed by atoms with Crippen molar-refractivity contribution in [2.45, 2.75) is 26.4 Å². The maximum Gasteiger partial charge on any atom is 0.417 e. The molecule has 35 heavy (non-hydrogen) atoms. The molecule has 6 nitrogen and oxygen atoms in total. The predicted molar refractivity (Wildman–Crippen MR) is 127 cm³/mol. The largest absolute Gasteiger partial charge is 0.417 e. The van der Waals surface area contributed by atoms with Gasteiger partial charge in [0.2, 0.25) is 0 Å². The number of hydrogen-bond acceptors (Lipinski definition) is 4. The second-order valence-electron chi connectivity index (χ2n) is 9.64. The number of rotatable bonds is 4. The van der Waals surface area contributed by atoms with E-state index >= 15 is 0 Å². The minimum atomic E-state index is -4.60. The molecule has 0 radical (unpaired) electrons. The number of benzene rings is 2. The molecular weight excluding hydrogens is 457 g/mol. The third kappa shape index (κ3) is 4.94. The summed E-state index contributed by atoms with van der Waals surface area (Å²) in [5, 5.41) is 12.1. The molecule has 2 heterocycles. The lowest BCUT2D eigenvalue weighted by Gasteiger charge is -2.44. The molecule has 2 aliphatic heterocycles. The summed E-state index contributed by atoms with van der Waals surface area (Å²) in [4.78, 5) is 16.8. The molecule has 2 saturated heterocycles. The van der Waals surface area contributed by atoms with Crippen LogP contribution in [0.4, 0.5) is 29.3 Å². The second kappa shape index (κ2) is 9.42. The molecule has 2 aliphatic rings. The van der Waals surface area contributed by atoms with Gasteiger partial charge in [0.05, 0.1) is 23.8 Å². The fraction of sp³-hybridized carbons (Fsp3) is 0.462. The van der Waals surface area contributed by atoms with Crippen molar-refractivity contribution in [2.24, 2.45) is 11.3 Å². The molecule has 2 aromatic carbocycles. The van der Waals surface area contributed by atoms with Gasteiger partial charge >= 0.3 is 12.2 Å². The molecule has 0 bridgehead atoms. The fourth-order valence-corrected chi connectivity index (χ4v) is 5.28. The minimum absolute atomic E-state index is 0.0340. The molecule has 2 atom stereocenters. The number of ether oxygens (including phenoxy) is 1. The number of methoxy groups -OCH3 is 1. The Bertz CT molecular complexity index is 1160. The average molecular weight is 487 g/mol. The van der Waals surface area contributed by atoms with Crippen LogP contribution in [0.15, 0.2) is 36.4 Å². The number of hydrogen-bond donors (Lipinski definition) is 1. The highest BCUT2D eigenvalue weighted by molar-refractivity contribution is 5.89. The zero-order valence-electron chi connectivity index (χ0n) is 20.1. The summed E-state index contributed by atoms with van der Waals surface area (Å²) in [6, 6.07) is 11.1. The Balaban J connectivity index is 1.53. The zero-order chi connectivity index (χ0) is 25.4. The van der Waals surface area contributed by atoms with Crippen LogP contribution in [0, 0.1) is 36.5 Å². The van der Waals surface area contributed by atoms with Gasteiger partial charge in [0.15, 0.2) is 0 Å². The highest BCUT2D eigenvalue weighted by Gasteiger charge is 2.51. The molecule has 186 valence electrons. The second-order valence-corrected chi connectivity index (χ2v) is 9.64. The molecule has 0 saturated carbocycles. The van der Waals surface area contributed by atoms with Crippen LogP contribution in [-0.4, -0.2) is 50.8 Å².